The van der Waals surface area contributed by atoms with Gasteiger partial charge in [-0.3, -0.25) is 0 Å². The predicted octanol–water partition coefficient (Wildman–Crippen LogP) is 3.30. The summed E-state index contributed by atoms with van der Waals surface area (Å²) in [6, 6.07) is 0. The van der Waals surface area contributed by atoms with Crippen LogP contribution in [-0.2, 0) is 0 Å². The van der Waals surface area contributed by atoms with Crippen LogP contribution in [-0.4, -0.2) is 34.1 Å². The first kappa shape index (κ1) is 14.4. The summed E-state index contributed by atoms with van der Waals surface area (Å²) in [5, 5.41) is 6.75. The van der Waals surface area contributed by atoms with Crippen LogP contribution in [0.3, 0.4) is 0 Å². The maximum atomic E-state index is 4.56. The Kier molecular flexibility index (Phi) is 4.91. The van der Waals surface area contributed by atoms with Crippen molar-refractivity contribution in [3.63, 3.8) is 0 Å². The van der Waals surface area contributed by atoms with E-state index < -0.39 is 0 Å². The lowest BCUT2D eigenvalue weighted by Gasteiger charge is -2.40. The summed E-state index contributed by atoms with van der Waals surface area (Å²) in [4.78, 5) is 8.87. The van der Waals surface area contributed by atoms with Crippen molar-refractivity contribution in [3.05, 3.63) is 11.8 Å². The van der Waals surface area contributed by atoms with Crippen molar-refractivity contribution in [1.29, 1.82) is 0 Å². The van der Waals surface area contributed by atoms with Gasteiger partial charge in [0.1, 0.15) is 5.82 Å². The first-order valence-corrected chi connectivity index (χ1v) is 8.28. The second-order valence-corrected chi connectivity index (χ2v) is 6.52. The average molecular weight is 280 g/mol. The van der Waals surface area contributed by atoms with Gasteiger partial charge in [-0.15, -0.1) is 0 Å². The van der Waals surface area contributed by atoms with E-state index in [2.05, 4.69) is 40.7 Å². The molecule has 1 aliphatic rings. The number of thioether (sulfide) groups is 1. The fraction of sp³-hybridized carbons (Fsp3) is 0.714. The molecule has 2 N–H and O–H groups in total. The van der Waals surface area contributed by atoms with Crippen LogP contribution in [0.2, 0.25) is 0 Å². The first-order chi connectivity index (χ1) is 9.19. The van der Waals surface area contributed by atoms with Crippen LogP contribution in [0.15, 0.2) is 6.20 Å². The molecule has 1 fully saturated rings. The van der Waals surface area contributed by atoms with Crippen LogP contribution in [0.25, 0.3) is 0 Å². The van der Waals surface area contributed by atoms with Crippen LogP contribution in [0, 0.1) is 6.92 Å². The lowest BCUT2D eigenvalue weighted by molar-refractivity contribution is 0.379. The van der Waals surface area contributed by atoms with Gasteiger partial charge < -0.3 is 10.6 Å². The zero-order valence-electron chi connectivity index (χ0n) is 12.1. The Hall–Kier alpha value is -0.970. The van der Waals surface area contributed by atoms with Crippen molar-refractivity contribution in [2.24, 2.45) is 0 Å². The molecule has 0 aliphatic heterocycles. The predicted molar refractivity (Wildman–Crippen MR) is 84.1 cm³/mol. The van der Waals surface area contributed by atoms with E-state index in [0.717, 1.165) is 36.8 Å². The molecule has 1 aliphatic carbocycles. The van der Waals surface area contributed by atoms with Crippen LogP contribution >= 0.6 is 11.8 Å². The minimum Gasteiger partial charge on any atom is -0.368 e. The van der Waals surface area contributed by atoms with Gasteiger partial charge in [0.05, 0.1) is 0 Å². The Morgan fingerprint density at radius 2 is 2.16 bits per heavy atom. The molecular weight excluding hydrogens is 256 g/mol. The normalized spacial score (nSPS) is 16.8. The molecule has 0 saturated heterocycles. The molecule has 2 rings (SSSR count). The molecular formula is C14H24N4S. The Balaban J connectivity index is 1.98. The molecule has 4 nitrogen and oxygen atoms in total. The van der Waals surface area contributed by atoms with Crippen molar-refractivity contribution in [1.82, 2.24) is 9.97 Å². The van der Waals surface area contributed by atoms with E-state index in [-0.39, 0.29) is 0 Å². The average Bonchev–Trinajstić information content (AvgIpc) is 2.38. The van der Waals surface area contributed by atoms with Crippen LogP contribution < -0.4 is 10.6 Å². The number of nitrogens with zero attached hydrogens (tertiary/aromatic N) is 2. The number of hydrogen-bond donors (Lipinski definition) is 2. The summed E-state index contributed by atoms with van der Waals surface area (Å²) >= 11 is 1.98. The lowest BCUT2D eigenvalue weighted by Crippen LogP contribution is -2.40. The number of anilines is 2. The van der Waals surface area contributed by atoms with Crippen LogP contribution in [0.1, 0.15) is 38.2 Å². The zero-order valence-corrected chi connectivity index (χ0v) is 12.9. The second kappa shape index (κ2) is 6.46. The SMILES string of the molecule is CCCNc1ncc(C)c(NCC2(SC)CCC2)n1. The molecule has 1 heterocycles. The smallest absolute Gasteiger partial charge is 0.224 e. The van der Waals surface area contributed by atoms with Crippen molar-refractivity contribution < 1.29 is 0 Å². The van der Waals surface area contributed by atoms with Gasteiger partial charge in [0.25, 0.3) is 0 Å². The van der Waals surface area contributed by atoms with E-state index >= 15 is 0 Å². The van der Waals surface area contributed by atoms with Gasteiger partial charge in [-0.25, -0.2) is 4.98 Å². The number of aromatic nitrogens is 2. The minimum absolute atomic E-state index is 0.425. The van der Waals surface area contributed by atoms with E-state index in [4.69, 9.17) is 0 Å². The van der Waals surface area contributed by atoms with Gasteiger partial charge in [-0.2, -0.15) is 16.7 Å². The molecule has 0 amide bonds. The van der Waals surface area contributed by atoms with E-state index in [9.17, 15) is 0 Å². The third kappa shape index (κ3) is 3.53. The monoisotopic (exact) mass is 280 g/mol. The zero-order chi connectivity index (χ0) is 13.7. The summed E-state index contributed by atoms with van der Waals surface area (Å²) in [7, 11) is 0. The van der Waals surface area contributed by atoms with Gasteiger partial charge in [0, 0.05) is 29.6 Å². The van der Waals surface area contributed by atoms with E-state index in [1.807, 2.05) is 18.0 Å². The molecule has 5 heteroatoms. The molecule has 0 aromatic carbocycles. The van der Waals surface area contributed by atoms with Gasteiger partial charge >= 0.3 is 0 Å². The van der Waals surface area contributed by atoms with Crippen molar-refractivity contribution in [2.45, 2.75) is 44.3 Å². The highest BCUT2D eigenvalue weighted by atomic mass is 32.2. The maximum Gasteiger partial charge on any atom is 0.224 e. The fourth-order valence-corrected chi connectivity index (χ4v) is 3.13. The second-order valence-electron chi connectivity index (χ2n) is 5.25. The summed E-state index contributed by atoms with van der Waals surface area (Å²) in [5.41, 5.74) is 1.11. The van der Waals surface area contributed by atoms with Crippen molar-refractivity contribution in [3.8, 4) is 0 Å². The maximum absolute atomic E-state index is 4.56. The number of nitrogens with one attached hydrogen (secondary N) is 2. The topological polar surface area (TPSA) is 49.8 Å². The third-order valence-electron chi connectivity index (χ3n) is 3.78. The van der Waals surface area contributed by atoms with Gasteiger partial charge in [0.15, 0.2) is 0 Å². The standard InChI is InChI=1S/C14H24N4S/c1-4-8-15-13-16-9-11(2)12(18-13)17-10-14(19-3)6-5-7-14/h9H,4-8,10H2,1-3H3,(H2,15,16,17,18). The summed E-state index contributed by atoms with van der Waals surface area (Å²) < 4.78 is 0.425. The summed E-state index contributed by atoms with van der Waals surface area (Å²) in [6.07, 6.45) is 9.16. The first-order valence-electron chi connectivity index (χ1n) is 7.05. The molecule has 106 valence electrons. The molecule has 1 saturated carbocycles. The van der Waals surface area contributed by atoms with E-state index in [0.29, 0.717) is 4.75 Å². The molecule has 0 atom stereocenters. The van der Waals surface area contributed by atoms with E-state index in [1.165, 1.54) is 19.3 Å². The third-order valence-corrected chi connectivity index (χ3v) is 5.20. The van der Waals surface area contributed by atoms with E-state index in [1.54, 1.807) is 0 Å². The highest BCUT2D eigenvalue weighted by Gasteiger charge is 2.35. The van der Waals surface area contributed by atoms with Gasteiger partial charge in [-0.05, 0) is 32.4 Å². The summed E-state index contributed by atoms with van der Waals surface area (Å²) in [5.74, 6) is 1.69. The molecule has 1 aromatic heterocycles. The fourth-order valence-electron chi connectivity index (χ4n) is 2.21. The Bertz CT molecular complexity index is 412. The highest BCUT2D eigenvalue weighted by Crippen LogP contribution is 2.42. The molecule has 19 heavy (non-hydrogen) atoms. The van der Waals surface area contributed by atoms with Crippen molar-refractivity contribution in [2.75, 3.05) is 30.0 Å². The molecule has 0 unspecified atom stereocenters. The molecule has 0 bridgehead atoms. The van der Waals surface area contributed by atoms with Crippen LogP contribution in [0.5, 0.6) is 0 Å². The largest absolute Gasteiger partial charge is 0.368 e. The quantitative estimate of drug-likeness (QED) is 0.802. The number of rotatable bonds is 7. The Morgan fingerprint density at radius 1 is 1.37 bits per heavy atom. The van der Waals surface area contributed by atoms with Crippen LogP contribution in [0.4, 0.5) is 11.8 Å². The highest BCUT2D eigenvalue weighted by molar-refractivity contribution is 8.00. The minimum atomic E-state index is 0.425. The lowest BCUT2D eigenvalue weighted by atomic mass is 9.84. The summed E-state index contributed by atoms with van der Waals surface area (Å²) in [6.45, 7) is 6.11. The molecule has 1 aromatic rings. The molecule has 0 spiro atoms. The Morgan fingerprint density at radius 3 is 2.74 bits per heavy atom. The Labute approximate surface area is 120 Å². The number of hydrogen-bond acceptors (Lipinski definition) is 5. The van der Waals surface area contributed by atoms with Crippen molar-refractivity contribution >= 4 is 23.5 Å². The van der Waals surface area contributed by atoms with Gasteiger partial charge in [0.2, 0.25) is 5.95 Å². The number of aryl methyl sites for hydroxylation is 1. The van der Waals surface area contributed by atoms with Gasteiger partial charge in [-0.1, -0.05) is 13.3 Å². The molecule has 0 radical (unpaired) electrons.